The Labute approximate surface area is 178 Å². The van der Waals surface area contributed by atoms with Crippen molar-refractivity contribution in [3.63, 3.8) is 0 Å². The van der Waals surface area contributed by atoms with Crippen LogP contribution < -0.4 is 21.5 Å². The molecule has 5 rings (SSSR count). The molecular formula is C21H25N7O3. The van der Waals surface area contributed by atoms with Gasteiger partial charge in [-0.15, -0.1) is 0 Å². The number of hydrogen-bond acceptors (Lipinski definition) is 7. The summed E-state index contributed by atoms with van der Waals surface area (Å²) in [4.78, 5) is 31.6. The zero-order valence-corrected chi connectivity index (χ0v) is 17.5. The van der Waals surface area contributed by atoms with Gasteiger partial charge in [-0.2, -0.15) is 9.61 Å². The van der Waals surface area contributed by atoms with Crippen LogP contribution in [0.5, 0.6) is 0 Å². The molecule has 162 valence electrons. The third kappa shape index (κ3) is 3.42. The maximum Gasteiger partial charge on any atom is 0.274 e. The van der Waals surface area contributed by atoms with Crippen LogP contribution in [-0.2, 0) is 4.74 Å². The molecule has 0 radical (unpaired) electrons. The van der Waals surface area contributed by atoms with Crippen molar-refractivity contribution in [1.29, 1.82) is 0 Å². The average Bonchev–Trinajstić information content (AvgIpc) is 3.47. The molecule has 31 heavy (non-hydrogen) atoms. The Balaban J connectivity index is 1.53. The predicted octanol–water partition coefficient (Wildman–Crippen LogP) is 1.68. The molecule has 3 aromatic rings. The zero-order valence-electron chi connectivity index (χ0n) is 17.5. The average molecular weight is 423 g/mol. The van der Waals surface area contributed by atoms with Crippen molar-refractivity contribution in [3.8, 4) is 0 Å². The highest BCUT2D eigenvalue weighted by atomic mass is 16.5. The van der Waals surface area contributed by atoms with Gasteiger partial charge in [0.2, 0.25) is 0 Å². The van der Waals surface area contributed by atoms with E-state index in [1.165, 1.54) is 6.20 Å². The minimum absolute atomic E-state index is 0.121. The Hall–Kier alpha value is -3.40. The van der Waals surface area contributed by atoms with E-state index in [4.69, 9.17) is 10.5 Å². The Kier molecular flexibility index (Phi) is 4.66. The van der Waals surface area contributed by atoms with Crippen molar-refractivity contribution < 1.29 is 9.53 Å². The first kappa shape index (κ1) is 19.6. The quantitative estimate of drug-likeness (QED) is 0.593. The van der Waals surface area contributed by atoms with Gasteiger partial charge in [-0.05, 0) is 37.8 Å². The van der Waals surface area contributed by atoms with Crippen LogP contribution in [0.4, 0.5) is 17.3 Å². The fourth-order valence-corrected chi connectivity index (χ4v) is 4.07. The molecule has 3 N–H and O–H groups in total. The summed E-state index contributed by atoms with van der Waals surface area (Å²) in [6, 6.07) is 5.95. The summed E-state index contributed by atoms with van der Waals surface area (Å²) in [6.45, 7) is 0. The SMILES string of the molecule is COC1CC(n2cccc(Nc3cc(N(C)C4CC4)n4ncc(C(N)=O)c4n3)c2=O)C1. The molecule has 3 aromatic heterocycles. The first-order valence-electron chi connectivity index (χ1n) is 10.4. The van der Waals surface area contributed by atoms with E-state index in [1.54, 1.807) is 28.5 Å². The van der Waals surface area contributed by atoms with Gasteiger partial charge in [-0.1, -0.05) is 0 Å². The minimum Gasteiger partial charge on any atom is -0.381 e. The van der Waals surface area contributed by atoms with Gasteiger partial charge in [0, 0.05) is 38.5 Å². The third-order valence-electron chi connectivity index (χ3n) is 6.21. The molecule has 0 saturated heterocycles. The number of carbonyl (C=O) groups excluding carboxylic acids is 1. The highest BCUT2D eigenvalue weighted by Crippen LogP contribution is 2.34. The number of fused-ring (bicyclic) bond motifs is 1. The van der Waals surface area contributed by atoms with Crippen LogP contribution in [0.25, 0.3) is 5.65 Å². The molecule has 0 bridgehead atoms. The number of nitrogens with one attached hydrogen (secondary N) is 1. The van der Waals surface area contributed by atoms with Crippen LogP contribution in [0.1, 0.15) is 42.1 Å². The van der Waals surface area contributed by atoms with E-state index in [-0.39, 0.29) is 23.3 Å². The summed E-state index contributed by atoms with van der Waals surface area (Å²) in [5, 5.41) is 7.46. The zero-order chi connectivity index (χ0) is 21.7. The normalized spacial score (nSPS) is 20.5. The van der Waals surface area contributed by atoms with Crippen molar-refractivity contribution in [2.45, 2.75) is 43.9 Å². The van der Waals surface area contributed by atoms with E-state index in [9.17, 15) is 9.59 Å². The molecular weight excluding hydrogens is 398 g/mol. The summed E-state index contributed by atoms with van der Waals surface area (Å²) in [5.41, 5.74) is 6.41. The molecule has 3 heterocycles. The highest BCUT2D eigenvalue weighted by Gasteiger charge is 2.31. The third-order valence-corrected chi connectivity index (χ3v) is 6.21. The van der Waals surface area contributed by atoms with Crippen molar-refractivity contribution in [1.82, 2.24) is 19.2 Å². The predicted molar refractivity (Wildman–Crippen MR) is 116 cm³/mol. The van der Waals surface area contributed by atoms with E-state index in [0.29, 0.717) is 23.2 Å². The lowest BCUT2D eigenvalue weighted by atomic mass is 9.89. The second-order valence-electron chi connectivity index (χ2n) is 8.24. The number of anilines is 3. The number of aromatic nitrogens is 4. The number of primary amides is 1. The maximum atomic E-state index is 13.1. The van der Waals surface area contributed by atoms with Crippen molar-refractivity contribution in [2.24, 2.45) is 5.73 Å². The van der Waals surface area contributed by atoms with Gasteiger partial charge in [0.05, 0.1) is 12.3 Å². The van der Waals surface area contributed by atoms with Crippen LogP contribution in [-0.4, -0.2) is 51.4 Å². The summed E-state index contributed by atoms with van der Waals surface area (Å²) in [5.74, 6) is 0.635. The Morgan fingerprint density at radius 1 is 1.35 bits per heavy atom. The monoisotopic (exact) mass is 423 g/mol. The van der Waals surface area contributed by atoms with E-state index >= 15 is 0 Å². The van der Waals surface area contributed by atoms with Gasteiger partial charge in [0.1, 0.15) is 22.9 Å². The highest BCUT2D eigenvalue weighted by molar-refractivity contribution is 5.99. The first-order valence-corrected chi connectivity index (χ1v) is 10.4. The number of nitrogens with two attached hydrogens (primary N) is 1. The molecule has 1 amide bonds. The van der Waals surface area contributed by atoms with Gasteiger partial charge in [-0.25, -0.2) is 4.98 Å². The molecule has 0 aliphatic heterocycles. The second-order valence-corrected chi connectivity index (χ2v) is 8.24. The molecule has 0 spiro atoms. The van der Waals surface area contributed by atoms with E-state index in [1.807, 2.05) is 19.2 Å². The Morgan fingerprint density at radius 3 is 2.81 bits per heavy atom. The van der Waals surface area contributed by atoms with Crippen LogP contribution >= 0.6 is 0 Å². The molecule has 2 aliphatic rings. The maximum absolute atomic E-state index is 13.1. The smallest absolute Gasteiger partial charge is 0.274 e. The van der Waals surface area contributed by atoms with Gasteiger partial charge in [0.15, 0.2) is 5.65 Å². The molecule has 0 atom stereocenters. The second kappa shape index (κ2) is 7.38. The van der Waals surface area contributed by atoms with Gasteiger partial charge in [0.25, 0.3) is 11.5 Å². The van der Waals surface area contributed by atoms with Gasteiger partial charge >= 0.3 is 0 Å². The number of amides is 1. The molecule has 10 heteroatoms. The van der Waals surface area contributed by atoms with Crippen molar-refractivity contribution >= 4 is 28.9 Å². The first-order chi connectivity index (χ1) is 15.0. The number of carbonyl (C=O) groups is 1. The van der Waals surface area contributed by atoms with Crippen LogP contribution in [0, 0.1) is 0 Å². The summed E-state index contributed by atoms with van der Waals surface area (Å²) in [6.07, 6.45) is 7.26. The fraction of sp³-hybridized carbons (Fsp3) is 0.429. The molecule has 0 unspecified atom stereocenters. The molecule has 2 fully saturated rings. The number of ether oxygens (including phenoxy) is 1. The van der Waals surface area contributed by atoms with Crippen molar-refractivity contribution in [2.75, 3.05) is 24.4 Å². The topological polar surface area (TPSA) is 120 Å². The number of pyridine rings is 1. The number of rotatable bonds is 7. The standard InChI is InChI=1S/C21H25N7O3/c1-26(12-5-6-12)18-10-17(25-20-15(19(22)29)11-23-28(18)20)24-16-4-3-7-27(21(16)30)13-8-14(9-13)31-2/h3-4,7,10-14H,5-6,8-9H2,1-2H3,(H2,22,29)(H,24,25). The molecule has 0 aromatic carbocycles. The molecule has 10 nitrogen and oxygen atoms in total. The lowest BCUT2D eigenvalue weighted by Crippen LogP contribution is -2.37. The summed E-state index contributed by atoms with van der Waals surface area (Å²) < 4.78 is 8.69. The van der Waals surface area contributed by atoms with Gasteiger partial charge < -0.3 is 25.3 Å². The Bertz CT molecular complexity index is 1210. The van der Waals surface area contributed by atoms with Crippen molar-refractivity contribution in [3.05, 3.63) is 46.5 Å². The van der Waals surface area contributed by atoms with Crippen LogP contribution in [0.2, 0.25) is 0 Å². The van der Waals surface area contributed by atoms with E-state index < -0.39 is 5.91 Å². The largest absolute Gasteiger partial charge is 0.381 e. The number of nitrogens with zero attached hydrogens (tertiary/aromatic N) is 5. The molecule has 2 saturated carbocycles. The Morgan fingerprint density at radius 2 is 2.13 bits per heavy atom. The van der Waals surface area contributed by atoms with Crippen LogP contribution in [0.3, 0.4) is 0 Å². The molecule has 2 aliphatic carbocycles. The summed E-state index contributed by atoms with van der Waals surface area (Å²) in [7, 11) is 3.68. The fourth-order valence-electron chi connectivity index (χ4n) is 4.07. The van der Waals surface area contributed by atoms with E-state index in [0.717, 1.165) is 31.5 Å². The lowest BCUT2D eigenvalue weighted by Gasteiger charge is -2.35. The summed E-state index contributed by atoms with van der Waals surface area (Å²) >= 11 is 0. The van der Waals surface area contributed by atoms with E-state index in [2.05, 4.69) is 20.3 Å². The number of hydrogen-bond donors (Lipinski definition) is 2. The van der Waals surface area contributed by atoms with Crippen LogP contribution in [0.15, 0.2) is 35.4 Å². The minimum atomic E-state index is -0.598. The lowest BCUT2D eigenvalue weighted by molar-refractivity contribution is 0.00522. The van der Waals surface area contributed by atoms with Gasteiger partial charge in [-0.3, -0.25) is 9.59 Å². The number of methoxy groups -OCH3 is 1.